The van der Waals surface area contributed by atoms with E-state index in [0.717, 1.165) is 4.47 Å². The van der Waals surface area contributed by atoms with Gasteiger partial charge in [0.1, 0.15) is 5.75 Å². The zero-order valence-electron chi connectivity index (χ0n) is 11.3. The summed E-state index contributed by atoms with van der Waals surface area (Å²) in [5, 5.41) is 4.64. The molecule has 0 saturated heterocycles. The van der Waals surface area contributed by atoms with Crippen molar-refractivity contribution in [3.05, 3.63) is 28.7 Å². The molecule has 0 aliphatic carbocycles. The van der Waals surface area contributed by atoms with Crippen molar-refractivity contribution in [2.24, 2.45) is 0 Å². The molecule has 0 aliphatic heterocycles. The Morgan fingerprint density at radius 1 is 1.10 bits per heavy atom. The molecule has 7 nitrogen and oxygen atoms in total. The van der Waals surface area contributed by atoms with Crippen LogP contribution in [0.5, 0.6) is 5.75 Å². The molecule has 0 unspecified atom stereocenters. The number of nitrogens with one attached hydrogen (secondary N) is 2. The summed E-state index contributed by atoms with van der Waals surface area (Å²) in [7, 11) is 1.45. The molecular formula is C13H15BrN2O5. The van der Waals surface area contributed by atoms with Gasteiger partial charge >= 0.3 is 5.97 Å². The van der Waals surface area contributed by atoms with Crippen LogP contribution in [0.3, 0.4) is 0 Å². The molecule has 1 aromatic carbocycles. The van der Waals surface area contributed by atoms with Gasteiger partial charge in [-0.25, -0.2) is 4.79 Å². The van der Waals surface area contributed by atoms with Crippen LogP contribution in [0.15, 0.2) is 28.7 Å². The second-order valence-electron chi connectivity index (χ2n) is 3.85. The van der Waals surface area contributed by atoms with E-state index in [2.05, 4.69) is 26.6 Å². The Morgan fingerprint density at radius 2 is 1.76 bits per heavy atom. The van der Waals surface area contributed by atoms with Gasteiger partial charge in [0.15, 0.2) is 13.2 Å². The van der Waals surface area contributed by atoms with Gasteiger partial charge in [-0.05, 0) is 24.3 Å². The van der Waals surface area contributed by atoms with E-state index in [1.165, 1.54) is 7.05 Å². The first kappa shape index (κ1) is 17.0. The van der Waals surface area contributed by atoms with Crippen LogP contribution in [0.1, 0.15) is 0 Å². The minimum absolute atomic E-state index is 0.164. The van der Waals surface area contributed by atoms with Crippen molar-refractivity contribution in [3.8, 4) is 5.75 Å². The largest absolute Gasteiger partial charge is 0.482 e. The maximum absolute atomic E-state index is 11.4. The minimum Gasteiger partial charge on any atom is -0.482 e. The second kappa shape index (κ2) is 8.96. The number of ether oxygens (including phenoxy) is 2. The molecule has 8 heteroatoms. The molecule has 114 valence electrons. The molecule has 0 spiro atoms. The smallest absolute Gasteiger partial charge is 0.344 e. The molecule has 1 rings (SSSR count). The van der Waals surface area contributed by atoms with Gasteiger partial charge in [-0.15, -0.1) is 0 Å². The van der Waals surface area contributed by atoms with Crippen LogP contribution in [0.25, 0.3) is 0 Å². The Labute approximate surface area is 130 Å². The second-order valence-corrected chi connectivity index (χ2v) is 4.77. The van der Waals surface area contributed by atoms with E-state index in [1.54, 1.807) is 24.3 Å². The molecule has 0 aromatic heterocycles. The van der Waals surface area contributed by atoms with Gasteiger partial charge in [0.25, 0.3) is 5.91 Å². The van der Waals surface area contributed by atoms with E-state index < -0.39 is 18.5 Å². The lowest BCUT2D eigenvalue weighted by atomic mass is 10.3. The molecule has 0 radical (unpaired) electrons. The third-order valence-corrected chi connectivity index (χ3v) is 2.79. The fourth-order valence-corrected chi connectivity index (χ4v) is 1.44. The third kappa shape index (κ3) is 7.31. The number of likely N-dealkylation sites (N-methyl/N-ethyl adjacent to an activating group) is 1. The summed E-state index contributed by atoms with van der Waals surface area (Å²) < 4.78 is 10.8. The quantitative estimate of drug-likeness (QED) is 0.680. The standard InChI is InChI=1S/C13H15BrN2O5/c1-15-11(17)6-16-12(18)7-21-13(19)8-20-10-4-2-9(14)3-5-10/h2-5H,6-8H2,1H3,(H,15,17)(H,16,18). The molecule has 21 heavy (non-hydrogen) atoms. The average Bonchev–Trinajstić information content (AvgIpc) is 2.49. The van der Waals surface area contributed by atoms with Gasteiger partial charge in [0.05, 0.1) is 6.54 Å². The SMILES string of the molecule is CNC(=O)CNC(=O)COC(=O)COc1ccc(Br)cc1. The number of carbonyl (C=O) groups excluding carboxylic acids is 3. The average molecular weight is 359 g/mol. The number of halogens is 1. The van der Waals surface area contributed by atoms with E-state index in [-0.39, 0.29) is 19.1 Å². The summed E-state index contributed by atoms with van der Waals surface area (Å²) in [6.07, 6.45) is 0. The number of rotatable bonds is 7. The van der Waals surface area contributed by atoms with Crippen molar-refractivity contribution >= 4 is 33.7 Å². The summed E-state index contributed by atoms with van der Waals surface area (Å²) in [5.41, 5.74) is 0. The Kier molecular flexibility index (Phi) is 7.24. The molecule has 0 fully saturated rings. The topological polar surface area (TPSA) is 93.7 Å². The van der Waals surface area contributed by atoms with Crippen LogP contribution >= 0.6 is 15.9 Å². The highest BCUT2D eigenvalue weighted by Gasteiger charge is 2.09. The summed E-state index contributed by atoms with van der Waals surface area (Å²) in [6.45, 7) is -0.924. The van der Waals surface area contributed by atoms with E-state index >= 15 is 0 Å². The van der Waals surface area contributed by atoms with Gasteiger partial charge in [0.2, 0.25) is 5.91 Å². The van der Waals surface area contributed by atoms with Crippen LogP contribution in [0, 0.1) is 0 Å². The Bertz CT molecular complexity index is 504. The van der Waals surface area contributed by atoms with E-state index in [4.69, 9.17) is 9.47 Å². The maximum Gasteiger partial charge on any atom is 0.344 e. The first-order valence-corrected chi connectivity index (χ1v) is 6.82. The third-order valence-electron chi connectivity index (χ3n) is 2.26. The lowest BCUT2D eigenvalue weighted by molar-refractivity contribution is -0.150. The van der Waals surface area contributed by atoms with Crippen molar-refractivity contribution in [3.63, 3.8) is 0 Å². The fourth-order valence-electron chi connectivity index (χ4n) is 1.18. The minimum atomic E-state index is -0.673. The Balaban J connectivity index is 2.20. The number of esters is 1. The van der Waals surface area contributed by atoms with Gasteiger partial charge in [-0.1, -0.05) is 15.9 Å². The molecule has 0 heterocycles. The van der Waals surface area contributed by atoms with E-state index in [1.807, 2.05) is 0 Å². The first-order valence-electron chi connectivity index (χ1n) is 6.02. The molecule has 0 bridgehead atoms. The van der Waals surface area contributed by atoms with Crippen molar-refractivity contribution in [1.29, 1.82) is 0 Å². The zero-order chi connectivity index (χ0) is 15.7. The van der Waals surface area contributed by atoms with Crippen LogP contribution in [-0.4, -0.2) is 44.6 Å². The van der Waals surface area contributed by atoms with Gasteiger partial charge in [-0.3, -0.25) is 9.59 Å². The van der Waals surface area contributed by atoms with Crippen LogP contribution in [0.4, 0.5) is 0 Å². The summed E-state index contributed by atoms with van der Waals surface area (Å²) >= 11 is 3.28. The molecule has 0 saturated carbocycles. The number of hydrogen-bond donors (Lipinski definition) is 2. The molecule has 0 atom stereocenters. The van der Waals surface area contributed by atoms with E-state index in [0.29, 0.717) is 5.75 Å². The predicted molar refractivity (Wildman–Crippen MR) is 77.7 cm³/mol. The fraction of sp³-hybridized carbons (Fsp3) is 0.308. The van der Waals surface area contributed by atoms with Gasteiger partial charge in [0, 0.05) is 11.5 Å². The number of carbonyl (C=O) groups is 3. The zero-order valence-corrected chi connectivity index (χ0v) is 12.9. The van der Waals surface area contributed by atoms with Crippen LogP contribution in [-0.2, 0) is 19.1 Å². The van der Waals surface area contributed by atoms with Crippen molar-refractivity contribution in [2.75, 3.05) is 26.8 Å². The molecule has 2 amide bonds. The Hall–Kier alpha value is -2.09. The van der Waals surface area contributed by atoms with Crippen molar-refractivity contribution in [1.82, 2.24) is 10.6 Å². The van der Waals surface area contributed by atoms with Crippen LogP contribution < -0.4 is 15.4 Å². The molecular weight excluding hydrogens is 344 g/mol. The summed E-state index contributed by atoms with van der Waals surface area (Å²) in [5.74, 6) is -1.06. The van der Waals surface area contributed by atoms with Gasteiger partial charge in [-0.2, -0.15) is 0 Å². The lowest BCUT2D eigenvalue weighted by Crippen LogP contribution is -2.37. The maximum atomic E-state index is 11.4. The number of amides is 2. The predicted octanol–water partition coefficient (Wildman–Crippen LogP) is 0.233. The van der Waals surface area contributed by atoms with Crippen LogP contribution in [0.2, 0.25) is 0 Å². The highest BCUT2D eigenvalue weighted by Crippen LogP contribution is 2.15. The highest BCUT2D eigenvalue weighted by molar-refractivity contribution is 9.10. The lowest BCUT2D eigenvalue weighted by Gasteiger charge is -2.07. The molecule has 2 N–H and O–H groups in total. The number of hydrogen-bond acceptors (Lipinski definition) is 5. The first-order chi connectivity index (χ1) is 10.0. The Morgan fingerprint density at radius 3 is 2.38 bits per heavy atom. The number of benzene rings is 1. The highest BCUT2D eigenvalue weighted by atomic mass is 79.9. The normalized spacial score (nSPS) is 9.62. The van der Waals surface area contributed by atoms with E-state index in [9.17, 15) is 14.4 Å². The van der Waals surface area contributed by atoms with Crippen molar-refractivity contribution < 1.29 is 23.9 Å². The molecule has 1 aromatic rings. The van der Waals surface area contributed by atoms with Crippen molar-refractivity contribution in [2.45, 2.75) is 0 Å². The molecule has 0 aliphatic rings. The van der Waals surface area contributed by atoms with Gasteiger partial charge < -0.3 is 20.1 Å². The summed E-state index contributed by atoms with van der Waals surface area (Å²) in [4.78, 5) is 33.5. The monoisotopic (exact) mass is 358 g/mol. The summed E-state index contributed by atoms with van der Waals surface area (Å²) in [6, 6.07) is 6.92.